The number of aromatic nitrogens is 4. The Morgan fingerprint density at radius 3 is 2.42 bits per heavy atom. The Labute approximate surface area is 176 Å². The molecule has 0 saturated carbocycles. The number of fused-ring (bicyclic) bond motifs is 1. The maximum absolute atomic E-state index is 14.6. The molecule has 31 heavy (non-hydrogen) atoms. The van der Waals surface area contributed by atoms with Gasteiger partial charge in [-0.2, -0.15) is 0 Å². The van der Waals surface area contributed by atoms with Crippen LogP contribution in [0.2, 0.25) is 0 Å². The topological polar surface area (TPSA) is 75.9 Å². The van der Waals surface area contributed by atoms with E-state index >= 15 is 0 Å². The molecule has 0 aliphatic carbocycles. The number of carbonyl (C=O) groups is 1. The van der Waals surface area contributed by atoms with E-state index in [1.165, 1.54) is 6.07 Å². The molecular weight excluding hydrogens is 402 g/mol. The van der Waals surface area contributed by atoms with Crippen LogP contribution in [-0.2, 0) is 13.6 Å². The summed E-state index contributed by atoms with van der Waals surface area (Å²) in [5.74, 6) is -0.941. The zero-order valence-electron chi connectivity index (χ0n) is 16.4. The maximum Gasteiger partial charge on any atom is 0.328 e. The van der Waals surface area contributed by atoms with Gasteiger partial charge in [-0.15, -0.1) is 0 Å². The highest BCUT2D eigenvalue weighted by Gasteiger charge is 2.34. The van der Waals surface area contributed by atoms with Crippen LogP contribution in [0.5, 0.6) is 0 Å². The van der Waals surface area contributed by atoms with Crippen LogP contribution in [-0.4, -0.2) is 25.6 Å². The van der Waals surface area contributed by atoms with Gasteiger partial charge in [0.25, 0.3) is 0 Å². The minimum Gasteiger partial charge on any atom is -0.333 e. The lowest BCUT2D eigenvalue weighted by Crippen LogP contribution is -2.43. The van der Waals surface area contributed by atoms with Gasteiger partial charge in [-0.1, -0.05) is 36.4 Å². The molecule has 9 heteroatoms. The molecule has 0 bridgehead atoms. The highest BCUT2D eigenvalue weighted by atomic mass is 19.1. The van der Waals surface area contributed by atoms with E-state index < -0.39 is 23.4 Å². The number of hydrogen-bond acceptors (Lipinski definition) is 4. The summed E-state index contributed by atoms with van der Waals surface area (Å²) in [5, 5.41) is 2.67. The Morgan fingerprint density at radius 2 is 1.74 bits per heavy atom. The van der Waals surface area contributed by atoms with Gasteiger partial charge in [-0.25, -0.2) is 33.4 Å². The lowest BCUT2D eigenvalue weighted by molar-refractivity contribution is 0.246. The van der Waals surface area contributed by atoms with Gasteiger partial charge < -0.3 is 9.88 Å². The second-order valence-corrected chi connectivity index (χ2v) is 6.99. The Morgan fingerprint density at radius 1 is 1.00 bits per heavy atom. The van der Waals surface area contributed by atoms with Crippen molar-refractivity contribution < 1.29 is 13.6 Å². The number of anilines is 2. The third-order valence-corrected chi connectivity index (χ3v) is 5.05. The number of hydrogen-bond donors (Lipinski definition) is 1. The first kappa shape index (κ1) is 18.9. The largest absolute Gasteiger partial charge is 0.333 e. The lowest BCUT2D eigenvalue weighted by atomic mass is 10.0. The van der Waals surface area contributed by atoms with Crippen molar-refractivity contribution in [2.75, 3.05) is 4.90 Å². The predicted molar refractivity (Wildman–Crippen MR) is 110 cm³/mol. The fourth-order valence-corrected chi connectivity index (χ4v) is 3.59. The van der Waals surface area contributed by atoms with Gasteiger partial charge in [0.15, 0.2) is 17.5 Å². The highest BCUT2D eigenvalue weighted by Crippen LogP contribution is 2.38. The van der Waals surface area contributed by atoms with E-state index in [-0.39, 0.29) is 18.2 Å². The molecule has 1 aliphatic heterocycles. The van der Waals surface area contributed by atoms with Crippen molar-refractivity contribution in [2.45, 2.75) is 6.54 Å². The van der Waals surface area contributed by atoms with Crippen molar-refractivity contribution in [1.29, 1.82) is 0 Å². The number of imidazole rings is 1. The van der Waals surface area contributed by atoms with Gasteiger partial charge >= 0.3 is 6.03 Å². The quantitative estimate of drug-likeness (QED) is 0.542. The molecule has 3 heterocycles. The first-order valence-corrected chi connectivity index (χ1v) is 9.50. The van der Waals surface area contributed by atoms with Gasteiger partial charge in [0.05, 0.1) is 12.2 Å². The van der Waals surface area contributed by atoms with Crippen LogP contribution in [0.3, 0.4) is 0 Å². The second kappa shape index (κ2) is 7.28. The number of amides is 2. The van der Waals surface area contributed by atoms with Crippen LogP contribution >= 0.6 is 0 Å². The summed E-state index contributed by atoms with van der Waals surface area (Å²) in [6.45, 7) is 0.117. The Kier molecular flexibility index (Phi) is 4.43. The zero-order valence-corrected chi connectivity index (χ0v) is 16.4. The summed E-state index contributed by atoms with van der Waals surface area (Å²) in [4.78, 5) is 27.2. The number of nitrogens with one attached hydrogen (secondary N) is 1. The number of para-hydroxylation sites is 1. The number of aryl methyl sites for hydroxylation is 1. The summed E-state index contributed by atoms with van der Waals surface area (Å²) in [6, 6.07) is 12.1. The standard InChI is InChI=1S/C22H16F2N6O/c1-29-11-10-25-21(29)19-27-17(13-6-3-2-4-7-13)14-12-26-22(31)30(20(14)28-19)18-15(23)8-5-9-16(18)24/h2-11H,12H2,1H3,(H,26,31). The van der Waals surface area contributed by atoms with Crippen molar-refractivity contribution in [3.63, 3.8) is 0 Å². The molecule has 0 fully saturated rings. The lowest BCUT2D eigenvalue weighted by Gasteiger charge is -2.30. The van der Waals surface area contributed by atoms with Crippen LogP contribution in [0, 0.1) is 11.6 Å². The minimum atomic E-state index is -0.874. The number of nitrogens with zero attached hydrogens (tertiary/aromatic N) is 5. The molecule has 1 aliphatic rings. The molecule has 5 rings (SSSR count). The molecule has 7 nitrogen and oxygen atoms in total. The fraction of sp³-hybridized carbons (Fsp3) is 0.0909. The maximum atomic E-state index is 14.6. The molecule has 0 spiro atoms. The summed E-state index contributed by atoms with van der Waals surface area (Å²) >= 11 is 0. The minimum absolute atomic E-state index is 0.111. The Bertz CT molecular complexity index is 1280. The molecule has 2 aromatic heterocycles. The Balaban J connectivity index is 1.82. The van der Waals surface area contributed by atoms with Gasteiger partial charge in [0, 0.05) is 30.6 Å². The molecule has 154 valence electrons. The van der Waals surface area contributed by atoms with E-state index in [2.05, 4.69) is 15.3 Å². The van der Waals surface area contributed by atoms with Crippen molar-refractivity contribution in [3.8, 4) is 22.9 Å². The third-order valence-electron chi connectivity index (χ3n) is 5.05. The number of urea groups is 1. The molecule has 2 amide bonds. The molecule has 1 N–H and O–H groups in total. The van der Waals surface area contributed by atoms with Crippen molar-refractivity contribution in [3.05, 3.63) is 78.1 Å². The Hall–Kier alpha value is -4.14. The molecular formula is C22H16F2N6O. The molecule has 0 radical (unpaired) electrons. The summed E-state index contributed by atoms with van der Waals surface area (Å²) in [5.41, 5.74) is 1.38. The van der Waals surface area contributed by atoms with Gasteiger partial charge in [0.2, 0.25) is 0 Å². The number of carbonyl (C=O) groups excluding carboxylic acids is 1. The smallest absolute Gasteiger partial charge is 0.328 e. The highest BCUT2D eigenvalue weighted by molar-refractivity contribution is 6.02. The van der Waals surface area contributed by atoms with Crippen LogP contribution in [0.15, 0.2) is 60.9 Å². The molecule has 2 aromatic carbocycles. The average molecular weight is 418 g/mol. The van der Waals surface area contributed by atoms with Crippen molar-refractivity contribution in [1.82, 2.24) is 24.8 Å². The monoisotopic (exact) mass is 418 g/mol. The second-order valence-electron chi connectivity index (χ2n) is 6.99. The van der Waals surface area contributed by atoms with Crippen LogP contribution < -0.4 is 10.2 Å². The zero-order chi connectivity index (χ0) is 21.5. The van der Waals surface area contributed by atoms with E-state index in [0.717, 1.165) is 22.6 Å². The SMILES string of the molecule is Cn1ccnc1-c1nc(-c2ccccc2)c2c(n1)N(c1c(F)cccc1F)C(=O)NC2. The van der Waals surface area contributed by atoms with Gasteiger partial charge in [-0.05, 0) is 12.1 Å². The summed E-state index contributed by atoms with van der Waals surface area (Å²) < 4.78 is 31.0. The van der Waals surface area contributed by atoms with E-state index in [4.69, 9.17) is 4.98 Å². The first-order valence-electron chi connectivity index (χ1n) is 9.50. The average Bonchev–Trinajstić information content (AvgIpc) is 3.20. The van der Waals surface area contributed by atoms with Gasteiger partial charge in [-0.3, -0.25) is 0 Å². The fourth-order valence-electron chi connectivity index (χ4n) is 3.59. The van der Waals surface area contributed by atoms with E-state index in [0.29, 0.717) is 17.1 Å². The van der Waals surface area contributed by atoms with Crippen LogP contribution in [0.1, 0.15) is 5.56 Å². The molecule has 0 atom stereocenters. The molecule has 0 saturated heterocycles. The van der Waals surface area contributed by atoms with E-state index in [1.807, 2.05) is 30.3 Å². The van der Waals surface area contributed by atoms with Gasteiger partial charge in [0.1, 0.15) is 17.3 Å². The number of halogens is 2. The third kappa shape index (κ3) is 3.10. The molecule has 0 unspecified atom stereocenters. The predicted octanol–water partition coefficient (Wildman–Crippen LogP) is 4.18. The number of rotatable bonds is 3. The van der Waals surface area contributed by atoms with Crippen molar-refractivity contribution in [2.24, 2.45) is 7.05 Å². The van der Waals surface area contributed by atoms with Crippen LogP contribution in [0.4, 0.5) is 25.1 Å². The van der Waals surface area contributed by atoms with Crippen LogP contribution in [0.25, 0.3) is 22.9 Å². The summed E-state index contributed by atoms with van der Waals surface area (Å²) in [7, 11) is 1.79. The summed E-state index contributed by atoms with van der Waals surface area (Å²) in [6.07, 6.45) is 3.34. The van der Waals surface area contributed by atoms with Crippen molar-refractivity contribution >= 4 is 17.5 Å². The van der Waals surface area contributed by atoms with E-state index in [1.54, 1.807) is 24.0 Å². The molecule has 4 aromatic rings. The first-order chi connectivity index (χ1) is 15.0. The number of benzene rings is 2. The normalized spacial score (nSPS) is 13.1. The van der Waals surface area contributed by atoms with E-state index in [9.17, 15) is 13.6 Å².